The molecule has 1 fully saturated rings. The monoisotopic (exact) mass is 391 g/mol. The summed E-state index contributed by atoms with van der Waals surface area (Å²) < 4.78 is 5.21. The number of nitrogens with zero attached hydrogens (tertiary/aromatic N) is 4. The van der Waals surface area contributed by atoms with Gasteiger partial charge in [0.1, 0.15) is 0 Å². The van der Waals surface area contributed by atoms with Crippen molar-refractivity contribution in [3.8, 4) is 11.5 Å². The number of anilines is 1. The summed E-state index contributed by atoms with van der Waals surface area (Å²) in [5, 5.41) is 6.78. The van der Waals surface area contributed by atoms with E-state index in [9.17, 15) is 4.79 Å². The van der Waals surface area contributed by atoms with Gasteiger partial charge in [-0.2, -0.15) is 4.98 Å². The molecule has 1 N–H and O–H groups in total. The van der Waals surface area contributed by atoms with Crippen molar-refractivity contribution < 1.29 is 9.32 Å². The molecule has 1 saturated heterocycles. The minimum atomic E-state index is -0.135. The number of benzene rings is 2. The van der Waals surface area contributed by atoms with Crippen molar-refractivity contribution in [3.63, 3.8) is 0 Å². The van der Waals surface area contributed by atoms with Crippen LogP contribution in [0.3, 0.4) is 0 Å². The fraction of sp³-hybridized carbons (Fsp3) is 0.318. The number of aromatic nitrogens is 2. The van der Waals surface area contributed by atoms with Crippen molar-refractivity contribution in [1.29, 1.82) is 0 Å². The maximum Gasteiger partial charge on any atom is 0.257 e. The Hall–Kier alpha value is -3.03. The number of likely N-dealkylation sites (N-methyl/N-ethyl adjacent to an activating group) is 1. The quantitative estimate of drug-likeness (QED) is 0.721. The third-order valence-electron chi connectivity index (χ3n) is 5.09. The van der Waals surface area contributed by atoms with E-state index in [4.69, 9.17) is 4.52 Å². The van der Waals surface area contributed by atoms with Crippen molar-refractivity contribution >= 4 is 11.6 Å². The summed E-state index contributed by atoms with van der Waals surface area (Å²) in [6.45, 7) is 6.89. The standard InChI is InChI=1S/C22H25N5O2/c1-16-23-22(29-25-16)19-7-4-8-20(14-19)24-21(28)18-6-3-5-17(13-18)15-27-11-9-26(2)10-12-27/h3-8,13-14H,9-12,15H2,1-2H3,(H,24,28). The van der Waals surface area contributed by atoms with Gasteiger partial charge in [0.05, 0.1) is 0 Å². The lowest BCUT2D eigenvalue weighted by Gasteiger charge is -2.32. The fourth-order valence-electron chi connectivity index (χ4n) is 3.42. The van der Waals surface area contributed by atoms with Gasteiger partial charge in [-0.3, -0.25) is 9.69 Å². The molecule has 2 aromatic carbocycles. The van der Waals surface area contributed by atoms with Crippen molar-refractivity contribution in [2.24, 2.45) is 0 Å². The SMILES string of the molecule is Cc1noc(-c2cccc(NC(=O)c3cccc(CN4CCN(C)CC4)c3)c2)n1. The van der Waals surface area contributed by atoms with E-state index in [1.165, 1.54) is 0 Å². The Bertz CT molecular complexity index is 992. The zero-order valence-electron chi connectivity index (χ0n) is 16.8. The number of hydrogen-bond donors (Lipinski definition) is 1. The minimum absolute atomic E-state index is 0.135. The van der Waals surface area contributed by atoms with E-state index >= 15 is 0 Å². The van der Waals surface area contributed by atoms with Crippen LogP contribution in [0.25, 0.3) is 11.5 Å². The van der Waals surface area contributed by atoms with Gasteiger partial charge in [-0.15, -0.1) is 0 Å². The van der Waals surface area contributed by atoms with Crippen LogP contribution in [-0.4, -0.2) is 59.1 Å². The lowest BCUT2D eigenvalue weighted by Crippen LogP contribution is -2.43. The summed E-state index contributed by atoms with van der Waals surface area (Å²) in [7, 11) is 2.15. The Morgan fingerprint density at radius 3 is 2.66 bits per heavy atom. The molecular weight excluding hydrogens is 366 g/mol. The van der Waals surface area contributed by atoms with Gasteiger partial charge in [-0.25, -0.2) is 0 Å². The lowest BCUT2D eigenvalue weighted by molar-refractivity contribution is 0.102. The Labute approximate surface area is 170 Å². The lowest BCUT2D eigenvalue weighted by atomic mass is 10.1. The van der Waals surface area contributed by atoms with E-state index in [0.29, 0.717) is 23.0 Å². The van der Waals surface area contributed by atoms with E-state index in [1.807, 2.05) is 42.5 Å². The topological polar surface area (TPSA) is 74.5 Å². The number of amides is 1. The van der Waals surface area contributed by atoms with Gasteiger partial charge in [0.25, 0.3) is 11.8 Å². The number of hydrogen-bond acceptors (Lipinski definition) is 6. The van der Waals surface area contributed by atoms with Gasteiger partial charge in [0, 0.05) is 49.5 Å². The first-order valence-electron chi connectivity index (χ1n) is 9.79. The fourth-order valence-corrected chi connectivity index (χ4v) is 3.42. The van der Waals surface area contributed by atoms with Gasteiger partial charge in [0.2, 0.25) is 0 Å². The van der Waals surface area contributed by atoms with E-state index in [2.05, 4.69) is 38.4 Å². The highest BCUT2D eigenvalue weighted by Crippen LogP contribution is 2.21. The molecule has 0 bridgehead atoms. The molecule has 1 aliphatic heterocycles. The molecule has 1 amide bonds. The molecule has 7 nitrogen and oxygen atoms in total. The average Bonchev–Trinajstić information content (AvgIpc) is 3.17. The molecule has 0 aliphatic carbocycles. The molecule has 0 spiro atoms. The Morgan fingerprint density at radius 2 is 1.90 bits per heavy atom. The highest BCUT2D eigenvalue weighted by Gasteiger charge is 2.15. The number of carbonyl (C=O) groups excluding carboxylic acids is 1. The predicted molar refractivity (Wildman–Crippen MR) is 112 cm³/mol. The Morgan fingerprint density at radius 1 is 1.10 bits per heavy atom. The van der Waals surface area contributed by atoms with Gasteiger partial charge in [-0.05, 0) is 49.9 Å². The molecule has 1 aromatic heterocycles. The maximum atomic E-state index is 12.8. The van der Waals surface area contributed by atoms with Gasteiger partial charge in [-0.1, -0.05) is 23.4 Å². The van der Waals surface area contributed by atoms with Crippen LogP contribution in [0.2, 0.25) is 0 Å². The van der Waals surface area contributed by atoms with Crippen molar-refractivity contribution in [1.82, 2.24) is 19.9 Å². The molecule has 0 radical (unpaired) electrons. The van der Waals surface area contributed by atoms with Crippen LogP contribution in [0, 0.1) is 6.92 Å². The van der Waals surface area contributed by atoms with Crippen molar-refractivity contribution in [2.45, 2.75) is 13.5 Å². The van der Waals surface area contributed by atoms with Crippen molar-refractivity contribution in [3.05, 3.63) is 65.5 Å². The molecule has 4 rings (SSSR count). The third kappa shape index (κ3) is 4.88. The van der Waals surface area contributed by atoms with Crippen LogP contribution in [0.15, 0.2) is 53.1 Å². The van der Waals surface area contributed by atoms with Crippen LogP contribution >= 0.6 is 0 Å². The second-order valence-electron chi connectivity index (χ2n) is 7.46. The number of nitrogens with one attached hydrogen (secondary N) is 1. The molecule has 0 atom stereocenters. The zero-order valence-corrected chi connectivity index (χ0v) is 16.8. The summed E-state index contributed by atoms with van der Waals surface area (Å²) >= 11 is 0. The summed E-state index contributed by atoms with van der Waals surface area (Å²) in [6, 6.07) is 15.2. The van der Waals surface area contributed by atoms with Crippen molar-refractivity contribution in [2.75, 3.05) is 38.5 Å². The minimum Gasteiger partial charge on any atom is -0.334 e. The second-order valence-corrected chi connectivity index (χ2v) is 7.46. The molecule has 2 heterocycles. The van der Waals surface area contributed by atoms with Crippen LogP contribution in [0.4, 0.5) is 5.69 Å². The van der Waals surface area contributed by atoms with Gasteiger partial charge < -0.3 is 14.7 Å². The molecule has 3 aromatic rings. The summed E-state index contributed by atoms with van der Waals surface area (Å²) in [4.78, 5) is 21.8. The predicted octanol–water partition coefficient (Wildman–Crippen LogP) is 3.04. The first-order valence-corrected chi connectivity index (χ1v) is 9.79. The third-order valence-corrected chi connectivity index (χ3v) is 5.09. The van der Waals surface area contributed by atoms with E-state index < -0.39 is 0 Å². The Kier molecular flexibility index (Phi) is 5.69. The number of carbonyl (C=O) groups is 1. The molecule has 150 valence electrons. The van der Waals surface area contributed by atoms with Crippen LogP contribution < -0.4 is 5.32 Å². The smallest absolute Gasteiger partial charge is 0.257 e. The molecule has 0 saturated carbocycles. The van der Waals surface area contributed by atoms with E-state index in [1.54, 1.807) is 6.92 Å². The largest absolute Gasteiger partial charge is 0.334 e. The van der Waals surface area contributed by atoms with E-state index in [-0.39, 0.29) is 5.91 Å². The first kappa shape index (κ1) is 19.3. The zero-order chi connectivity index (χ0) is 20.2. The van der Waals surface area contributed by atoms with E-state index in [0.717, 1.165) is 43.9 Å². The normalized spacial score (nSPS) is 15.4. The summed E-state index contributed by atoms with van der Waals surface area (Å²) in [5.41, 5.74) is 3.26. The van der Waals surface area contributed by atoms with Crippen LogP contribution in [-0.2, 0) is 6.54 Å². The highest BCUT2D eigenvalue weighted by molar-refractivity contribution is 6.04. The second kappa shape index (κ2) is 8.55. The van der Waals surface area contributed by atoms with Crippen LogP contribution in [0.5, 0.6) is 0 Å². The summed E-state index contributed by atoms with van der Waals surface area (Å²) in [5.74, 6) is 0.878. The molecular formula is C22H25N5O2. The number of rotatable bonds is 5. The molecule has 1 aliphatic rings. The molecule has 0 unspecified atom stereocenters. The van der Waals surface area contributed by atoms with Gasteiger partial charge in [0.15, 0.2) is 5.82 Å². The summed E-state index contributed by atoms with van der Waals surface area (Å²) in [6.07, 6.45) is 0. The molecule has 29 heavy (non-hydrogen) atoms. The first-order chi connectivity index (χ1) is 14.1. The average molecular weight is 391 g/mol. The number of aryl methyl sites for hydroxylation is 1. The van der Waals surface area contributed by atoms with Gasteiger partial charge >= 0.3 is 0 Å². The maximum absolute atomic E-state index is 12.8. The Balaban J connectivity index is 1.43. The highest BCUT2D eigenvalue weighted by atomic mass is 16.5. The number of piperazine rings is 1. The molecule has 7 heteroatoms. The van der Waals surface area contributed by atoms with Crippen LogP contribution in [0.1, 0.15) is 21.7 Å².